The van der Waals surface area contributed by atoms with Gasteiger partial charge in [-0.3, -0.25) is 14.4 Å². The predicted octanol–water partition coefficient (Wildman–Crippen LogP) is 3.06. The van der Waals surface area contributed by atoms with Crippen molar-refractivity contribution in [1.82, 2.24) is 10.6 Å². The molecule has 0 aliphatic heterocycles. The van der Waals surface area contributed by atoms with Crippen molar-refractivity contribution in [3.05, 3.63) is 57.8 Å². The molecule has 1 aromatic carbocycles. The fraction of sp³-hybridized carbons (Fsp3) is 0.381. The van der Waals surface area contributed by atoms with Gasteiger partial charge in [0.2, 0.25) is 11.8 Å². The van der Waals surface area contributed by atoms with E-state index >= 15 is 0 Å². The van der Waals surface area contributed by atoms with Crippen LogP contribution in [0.15, 0.2) is 41.8 Å². The quantitative estimate of drug-likeness (QED) is 0.515. The number of carbonyl (C=O) groups is 3. The molecular weight excluding hydrogens is 360 g/mol. The van der Waals surface area contributed by atoms with Crippen molar-refractivity contribution in [2.75, 3.05) is 13.1 Å². The molecule has 27 heavy (non-hydrogen) atoms. The fourth-order valence-corrected chi connectivity index (χ4v) is 4.05. The zero-order chi connectivity index (χ0) is 19.1. The summed E-state index contributed by atoms with van der Waals surface area (Å²) < 4.78 is 0. The second-order valence-electron chi connectivity index (χ2n) is 6.69. The monoisotopic (exact) mass is 384 g/mol. The first-order valence-electron chi connectivity index (χ1n) is 9.34. The lowest BCUT2D eigenvalue weighted by Gasteiger charge is -2.12. The second-order valence-corrected chi connectivity index (χ2v) is 7.63. The number of rotatable bonds is 9. The first-order valence-corrected chi connectivity index (χ1v) is 10.2. The number of ketones is 1. The molecule has 0 bridgehead atoms. The van der Waals surface area contributed by atoms with Gasteiger partial charge in [0.25, 0.3) is 0 Å². The van der Waals surface area contributed by atoms with Crippen molar-refractivity contribution in [3.63, 3.8) is 0 Å². The minimum absolute atomic E-state index is 0.00394. The minimum Gasteiger partial charge on any atom is -0.356 e. The maximum Gasteiger partial charge on any atom is 0.227 e. The van der Waals surface area contributed by atoms with Gasteiger partial charge in [0, 0.05) is 25.9 Å². The molecule has 1 atom stereocenters. The molecule has 2 amide bonds. The SMILES string of the molecule is O=C(CCC(=O)c1cccs1)NCCCNC(=O)C1CCc2ccccc21. The molecule has 5 nitrogen and oxygen atoms in total. The Morgan fingerprint density at radius 2 is 1.81 bits per heavy atom. The normalized spacial score (nSPS) is 15.2. The molecular formula is C21H24N2O3S. The Hall–Kier alpha value is -2.47. The van der Waals surface area contributed by atoms with Crippen LogP contribution in [0.3, 0.4) is 0 Å². The number of fused-ring (bicyclic) bond motifs is 1. The molecule has 3 rings (SSSR count). The van der Waals surface area contributed by atoms with Gasteiger partial charge < -0.3 is 10.6 Å². The molecule has 1 heterocycles. The number of carbonyl (C=O) groups excluding carboxylic acids is 3. The zero-order valence-electron chi connectivity index (χ0n) is 15.2. The van der Waals surface area contributed by atoms with E-state index in [4.69, 9.17) is 0 Å². The minimum atomic E-state index is -0.129. The molecule has 0 saturated heterocycles. The van der Waals surface area contributed by atoms with Crippen molar-refractivity contribution in [2.45, 2.75) is 38.0 Å². The highest BCUT2D eigenvalue weighted by atomic mass is 32.1. The van der Waals surface area contributed by atoms with E-state index in [2.05, 4.69) is 16.7 Å². The topological polar surface area (TPSA) is 75.3 Å². The first kappa shape index (κ1) is 19.3. The number of Topliss-reactive ketones (excluding diaryl/α,β-unsaturated/α-hetero) is 1. The van der Waals surface area contributed by atoms with Crippen LogP contribution >= 0.6 is 11.3 Å². The summed E-state index contributed by atoms with van der Waals surface area (Å²) in [5, 5.41) is 7.62. The average Bonchev–Trinajstić information content (AvgIpc) is 3.35. The van der Waals surface area contributed by atoms with Crippen molar-refractivity contribution in [2.24, 2.45) is 0 Å². The molecule has 2 aromatic rings. The van der Waals surface area contributed by atoms with Gasteiger partial charge in [-0.2, -0.15) is 0 Å². The number of hydrogen-bond acceptors (Lipinski definition) is 4. The van der Waals surface area contributed by atoms with E-state index in [9.17, 15) is 14.4 Å². The Morgan fingerprint density at radius 1 is 1.00 bits per heavy atom. The second kappa shape index (κ2) is 9.46. The molecule has 142 valence electrons. The number of aryl methyl sites for hydroxylation is 1. The lowest BCUT2D eigenvalue weighted by Crippen LogP contribution is -2.32. The van der Waals surface area contributed by atoms with E-state index in [1.807, 2.05) is 29.6 Å². The third-order valence-corrected chi connectivity index (χ3v) is 5.71. The van der Waals surface area contributed by atoms with Gasteiger partial charge in [0.1, 0.15) is 0 Å². The summed E-state index contributed by atoms with van der Waals surface area (Å²) in [6.45, 7) is 1.03. The van der Waals surface area contributed by atoms with Gasteiger partial charge in [-0.25, -0.2) is 0 Å². The molecule has 6 heteroatoms. The molecule has 2 N–H and O–H groups in total. The van der Waals surface area contributed by atoms with Crippen LogP contribution in [-0.2, 0) is 16.0 Å². The summed E-state index contributed by atoms with van der Waals surface area (Å²) >= 11 is 1.39. The number of amides is 2. The van der Waals surface area contributed by atoms with Crippen molar-refractivity contribution in [3.8, 4) is 0 Å². The van der Waals surface area contributed by atoms with Crippen LogP contribution in [0.5, 0.6) is 0 Å². The highest BCUT2D eigenvalue weighted by molar-refractivity contribution is 7.12. The number of nitrogens with one attached hydrogen (secondary N) is 2. The predicted molar refractivity (Wildman–Crippen MR) is 106 cm³/mol. The Labute approximate surface area is 163 Å². The van der Waals surface area contributed by atoms with Crippen LogP contribution in [-0.4, -0.2) is 30.7 Å². The molecule has 1 aliphatic rings. The van der Waals surface area contributed by atoms with Gasteiger partial charge in [-0.1, -0.05) is 30.3 Å². The van der Waals surface area contributed by atoms with Gasteiger partial charge >= 0.3 is 0 Å². The highest BCUT2D eigenvalue weighted by Crippen LogP contribution is 2.32. The fourth-order valence-electron chi connectivity index (χ4n) is 3.36. The number of hydrogen-bond donors (Lipinski definition) is 2. The molecule has 1 unspecified atom stereocenters. The zero-order valence-corrected chi connectivity index (χ0v) is 16.0. The summed E-state index contributed by atoms with van der Waals surface area (Å²) in [6.07, 6.45) is 2.91. The van der Waals surface area contributed by atoms with E-state index < -0.39 is 0 Å². The van der Waals surface area contributed by atoms with E-state index in [0.29, 0.717) is 24.4 Å². The first-order chi connectivity index (χ1) is 13.1. The third-order valence-electron chi connectivity index (χ3n) is 4.80. The Balaban J connectivity index is 1.29. The van der Waals surface area contributed by atoms with Gasteiger partial charge in [-0.15, -0.1) is 11.3 Å². The summed E-state index contributed by atoms with van der Waals surface area (Å²) in [5.74, 6) is -0.118. The van der Waals surface area contributed by atoms with Crippen LogP contribution in [0.1, 0.15) is 52.4 Å². The summed E-state index contributed by atoms with van der Waals surface area (Å²) in [7, 11) is 0. The number of benzene rings is 1. The Bertz CT molecular complexity index is 802. The van der Waals surface area contributed by atoms with Gasteiger partial charge in [0.15, 0.2) is 5.78 Å². The van der Waals surface area contributed by atoms with Crippen LogP contribution in [0, 0.1) is 0 Å². The van der Waals surface area contributed by atoms with Crippen LogP contribution in [0.25, 0.3) is 0 Å². The third kappa shape index (κ3) is 5.26. The molecule has 0 fully saturated rings. The molecule has 1 aliphatic carbocycles. The van der Waals surface area contributed by atoms with Crippen LogP contribution < -0.4 is 10.6 Å². The molecule has 0 radical (unpaired) electrons. The van der Waals surface area contributed by atoms with E-state index in [1.165, 1.54) is 16.9 Å². The van der Waals surface area contributed by atoms with E-state index in [1.54, 1.807) is 6.07 Å². The van der Waals surface area contributed by atoms with Gasteiger partial charge in [-0.05, 0) is 41.8 Å². The Kier molecular flexibility index (Phi) is 6.76. The lowest BCUT2D eigenvalue weighted by atomic mass is 10.0. The standard InChI is InChI=1S/C21H24N2O3S/c24-18(19-7-3-14-27-19)10-11-20(25)22-12-4-13-23-21(26)17-9-8-15-5-1-2-6-16(15)17/h1-3,5-7,14,17H,4,8-13H2,(H,22,25)(H,23,26). The van der Waals surface area contributed by atoms with Crippen LogP contribution in [0.4, 0.5) is 0 Å². The van der Waals surface area contributed by atoms with Crippen LogP contribution in [0.2, 0.25) is 0 Å². The highest BCUT2D eigenvalue weighted by Gasteiger charge is 2.27. The molecule has 0 saturated carbocycles. The maximum atomic E-state index is 12.4. The summed E-state index contributed by atoms with van der Waals surface area (Å²) in [4.78, 5) is 36.7. The largest absolute Gasteiger partial charge is 0.356 e. The lowest BCUT2D eigenvalue weighted by molar-refractivity contribution is -0.122. The maximum absolute atomic E-state index is 12.4. The summed E-state index contributed by atoms with van der Waals surface area (Å²) in [5.41, 5.74) is 2.40. The summed E-state index contributed by atoms with van der Waals surface area (Å²) in [6, 6.07) is 11.7. The van der Waals surface area contributed by atoms with Crippen molar-refractivity contribution in [1.29, 1.82) is 0 Å². The van der Waals surface area contributed by atoms with E-state index in [0.717, 1.165) is 18.4 Å². The smallest absolute Gasteiger partial charge is 0.227 e. The van der Waals surface area contributed by atoms with Gasteiger partial charge in [0.05, 0.1) is 10.8 Å². The average molecular weight is 385 g/mol. The molecule has 0 spiro atoms. The molecule has 1 aromatic heterocycles. The Morgan fingerprint density at radius 3 is 2.63 bits per heavy atom. The van der Waals surface area contributed by atoms with E-state index in [-0.39, 0.29) is 36.4 Å². The number of thiophene rings is 1. The van der Waals surface area contributed by atoms with Crippen molar-refractivity contribution < 1.29 is 14.4 Å². The van der Waals surface area contributed by atoms with Crippen molar-refractivity contribution >= 4 is 28.9 Å².